The molecule has 3 rings (SSSR count). The number of carbonyl (C=O) groups is 1. The van der Waals surface area contributed by atoms with Crippen molar-refractivity contribution < 1.29 is 4.79 Å². The van der Waals surface area contributed by atoms with Crippen molar-refractivity contribution >= 4 is 23.4 Å². The van der Waals surface area contributed by atoms with Crippen LogP contribution < -0.4 is 9.80 Å². The maximum absolute atomic E-state index is 13.6. The van der Waals surface area contributed by atoms with E-state index in [0.29, 0.717) is 6.54 Å². The van der Waals surface area contributed by atoms with E-state index in [1.807, 2.05) is 30.0 Å². The SMILES string of the molecule is C/C=C\c1cccc(N(Cc2ccc(-c3ccc(N(C)C)cc3)cc2)C(=O)C(CC)CCC)c1. The highest BCUT2D eigenvalue weighted by atomic mass is 16.2. The van der Waals surface area contributed by atoms with Crippen molar-refractivity contribution in [3.8, 4) is 11.1 Å². The van der Waals surface area contributed by atoms with Gasteiger partial charge in [-0.3, -0.25) is 4.79 Å². The molecule has 1 amide bonds. The lowest BCUT2D eigenvalue weighted by Gasteiger charge is -2.27. The largest absolute Gasteiger partial charge is 0.378 e. The molecule has 1 atom stereocenters. The standard InChI is InChI=1S/C31H38N2O/c1-6-10-24-12-9-13-30(22-24)33(31(34)26(8-3)11-7-2)23-25-14-16-27(17-15-25)28-18-20-29(21-19-28)32(4)5/h6,9-10,12-22,26H,7-8,11,23H2,1-5H3/b10-6-. The maximum atomic E-state index is 13.6. The molecule has 34 heavy (non-hydrogen) atoms. The predicted octanol–water partition coefficient (Wildman–Crippen LogP) is 7.81. The number of amides is 1. The summed E-state index contributed by atoms with van der Waals surface area (Å²) in [6.45, 7) is 6.84. The Morgan fingerprint density at radius 1 is 0.882 bits per heavy atom. The summed E-state index contributed by atoms with van der Waals surface area (Å²) in [6, 6.07) is 25.5. The number of nitrogens with zero attached hydrogens (tertiary/aromatic N) is 2. The summed E-state index contributed by atoms with van der Waals surface area (Å²) in [7, 11) is 4.10. The lowest BCUT2D eigenvalue weighted by Crippen LogP contribution is -2.35. The zero-order valence-electron chi connectivity index (χ0n) is 21.3. The van der Waals surface area contributed by atoms with Gasteiger partial charge in [0.05, 0.1) is 6.54 Å². The number of carbonyl (C=O) groups excluding carboxylic acids is 1. The van der Waals surface area contributed by atoms with Crippen molar-refractivity contribution in [3.63, 3.8) is 0 Å². The van der Waals surface area contributed by atoms with Crippen molar-refractivity contribution in [3.05, 3.63) is 90.0 Å². The third kappa shape index (κ3) is 6.38. The fraction of sp³-hybridized carbons (Fsp3) is 0.323. The molecular weight excluding hydrogens is 416 g/mol. The van der Waals surface area contributed by atoms with Gasteiger partial charge in [-0.15, -0.1) is 0 Å². The summed E-state index contributed by atoms with van der Waals surface area (Å²) in [5.74, 6) is 0.259. The normalized spacial score (nSPS) is 12.0. The zero-order chi connectivity index (χ0) is 24.5. The first-order chi connectivity index (χ1) is 16.5. The molecule has 0 aliphatic heterocycles. The van der Waals surface area contributed by atoms with E-state index >= 15 is 0 Å². The van der Waals surface area contributed by atoms with E-state index in [1.165, 1.54) is 16.8 Å². The molecule has 0 N–H and O–H groups in total. The number of hydrogen-bond acceptors (Lipinski definition) is 2. The van der Waals surface area contributed by atoms with Gasteiger partial charge in [0.2, 0.25) is 5.91 Å². The van der Waals surface area contributed by atoms with Gasteiger partial charge in [0, 0.05) is 31.4 Å². The lowest BCUT2D eigenvalue weighted by molar-refractivity contribution is -0.122. The maximum Gasteiger partial charge on any atom is 0.230 e. The molecule has 0 aliphatic carbocycles. The highest BCUT2D eigenvalue weighted by Gasteiger charge is 2.24. The van der Waals surface area contributed by atoms with Gasteiger partial charge in [0.1, 0.15) is 0 Å². The van der Waals surface area contributed by atoms with Crippen LogP contribution >= 0.6 is 0 Å². The van der Waals surface area contributed by atoms with Crippen LogP contribution in [-0.2, 0) is 11.3 Å². The Kier molecular flexibility index (Phi) is 9.09. The van der Waals surface area contributed by atoms with Gasteiger partial charge in [0.15, 0.2) is 0 Å². The minimum Gasteiger partial charge on any atom is -0.378 e. The van der Waals surface area contributed by atoms with Gasteiger partial charge in [-0.25, -0.2) is 0 Å². The number of benzene rings is 3. The first-order valence-electron chi connectivity index (χ1n) is 12.4. The molecule has 3 aromatic rings. The Morgan fingerprint density at radius 3 is 2.09 bits per heavy atom. The summed E-state index contributed by atoms with van der Waals surface area (Å²) < 4.78 is 0. The van der Waals surface area contributed by atoms with Crippen LogP contribution in [-0.4, -0.2) is 20.0 Å². The van der Waals surface area contributed by atoms with Gasteiger partial charge in [-0.05, 0) is 66.3 Å². The van der Waals surface area contributed by atoms with E-state index in [1.54, 1.807) is 0 Å². The molecule has 0 saturated carbocycles. The monoisotopic (exact) mass is 454 g/mol. The molecule has 1 unspecified atom stereocenters. The highest BCUT2D eigenvalue weighted by Crippen LogP contribution is 2.27. The molecule has 0 heterocycles. The smallest absolute Gasteiger partial charge is 0.230 e. The topological polar surface area (TPSA) is 23.6 Å². The Balaban J connectivity index is 1.88. The quantitative estimate of drug-likeness (QED) is 0.312. The first kappa shape index (κ1) is 25.3. The third-order valence-electron chi connectivity index (χ3n) is 6.30. The third-order valence-corrected chi connectivity index (χ3v) is 6.30. The summed E-state index contributed by atoms with van der Waals surface area (Å²) in [5, 5.41) is 0. The minimum absolute atomic E-state index is 0.0462. The second kappa shape index (κ2) is 12.2. The second-order valence-corrected chi connectivity index (χ2v) is 9.05. The van der Waals surface area contributed by atoms with Crippen LogP contribution in [0.4, 0.5) is 11.4 Å². The van der Waals surface area contributed by atoms with Crippen LogP contribution in [0.2, 0.25) is 0 Å². The van der Waals surface area contributed by atoms with Crippen LogP contribution in [0.1, 0.15) is 51.2 Å². The number of hydrogen-bond donors (Lipinski definition) is 0. The van der Waals surface area contributed by atoms with Crippen molar-refractivity contribution in [2.45, 2.75) is 46.6 Å². The number of rotatable bonds is 10. The molecule has 3 aromatic carbocycles. The fourth-order valence-corrected chi connectivity index (χ4v) is 4.29. The van der Waals surface area contributed by atoms with Gasteiger partial charge in [0.25, 0.3) is 0 Å². The van der Waals surface area contributed by atoms with Crippen molar-refractivity contribution in [1.29, 1.82) is 0 Å². The van der Waals surface area contributed by atoms with Crippen LogP contribution in [0.3, 0.4) is 0 Å². The van der Waals surface area contributed by atoms with E-state index < -0.39 is 0 Å². The first-order valence-corrected chi connectivity index (χ1v) is 12.4. The van der Waals surface area contributed by atoms with Gasteiger partial charge in [-0.2, -0.15) is 0 Å². The lowest BCUT2D eigenvalue weighted by atomic mass is 9.97. The molecule has 0 saturated heterocycles. The molecule has 0 aliphatic rings. The molecule has 0 bridgehead atoms. The molecular formula is C31H38N2O. The Morgan fingerprint density at radius 2 is 1.53 bits per heavy atom. The van der Waals surface area contributed by atoms with Crippen LogP contribution in [0, 0.1) is 5.92 Å². The molecule has 3 nitrogen and oxygen atoms in total. The van der Waals surface area contributed by atoms with Crippen molar-refractivity contribution in [2.75, 3.05) is 23.9 Å². The summed E-state index contributed by atoms with van der Waals surface area (Å²) in [4.78, 5) is 17.7. The van der Waals surface area contributed by atoms with Crippen LogP contribution in [0.25, 0.3) is 17.2 Å². The summed E-state index contributed by atoms with van der Waals surface area (Å²) >= 11 is 0. The van der Waals surface area contributed by atoms with Crippen molar-refractivity contribution in [2.24, 2.45) is 5.92 Å². The van der Waals surface area contributed by atoms with Crippen LogP contribution in [0.15, 0.2) is 78.9 Å². The average Bonchev–Trinajstić information content (AvgIpc) is 2.86. The summed E-state index contributed by atoms with van der Waals surface area (Å²) in [6.07, 6.45) is 6.90. The van der Waals surface area contributed by atoms with Crippen molar-refractivity contribution in [1.82, 2.24) is 0 Å². The van der Waals surface area contributed by atoms with Crippen LogP contribution in [0.5, 0.6) is 0 Å². The molecule has 178 valence electrons. The van der Waals surface area contributed by atoms with Gasteiger partial charge in [-0.1, -0.05) is 81.0 Å². The van der Waals surface area contributed by atoms with E-state index in [0.717, 1.165) is 36.1 Å². The summed E-state index contributed by atoms with van der Waals surface area (Å²) in [5.41, 5.74) is 6.76. The van der Waals surface area contributed by atoms with Gasteiger partial charge < -0.3 is 9.80 Å². The minimum atomic E-state index is 0.0462. The molecule has 3 heteroatoms. The molecule has 0 radical (unpaired) electrons. The fourth-order valence-electron chi connectivity index (χ4n) is 4.29. The predicted molar refractivity (Wildman–Crippen MR) is 147 cm³/mol. The Hall–Kier alpha value is -3.33. The Bertz CT molecular complexity index is 1080. The molecule has 0 fully saturated rings. The molecule has 0 aromatic heterocycles. The van der Waals surface area contributed by atoms with E-state index in [-0.39, 0.29) is 11.8 Å². The highest BCUT2D eigenvalue weighted by molar-refractivity contribution is 5.95. The van der Waals surface area contributed by atoms with E-state index in [2.05, 4.69) is 99.6 Å². The second-order valence-electron chi connectivity index (χ2n) is 9.05. The van der Waals surface area contributed by atoms with E-state index in [9.17, 15) is 4.79 Å². The number of anilines is 2. The molecule has 0 spiro atoms. The average molecular weight is 455 g/mol. The Labute approximate surface area is 205 Å². The number of allylic oxidation sites excluding steroid dienone is 1. The zero-order valence-corrected chi connectivity index (χ0v) is 21.3. The van der Waals surface area contributed by atoms with E-state index in [4.69, 9.17) is 0 Å². The van der Waals surface area contributed by atoms with Gasteiger partial charge >= 0.3 is 0 Å².